The Balaban J connectivity index is 3.02. The van der Waals surface area contributed by atoms with Gasteiger partial charge in [0.15, 0.2) is 0 Å². The van der Waals surface area contributed by atoms with Gasteiger partial charge in [-0.1, -0.05) is 18.6 Å². The number of phenolic OH excluding ortho intramolecular Hbond substituents is 1. The molecule has 0 heterocycles. The molecule has 0 aromatic heterocycles. The Morgan fingerprint density at radius 3 is 1.90 bits per heavy atom. The number of carbonyl (C=O) groups excluding carboxylic acids is 4. The molecule has 39 heavy (non-hydrogen) atoms. The van der Waals surface area contributed by atoms with Crippen LogP contribution in [-0.2, 0) is 35.2 Å². The van der Waals surface area contributed by atoms with E-state index in [9.17, 15) is 39.0 Å². The first kappa shape index (κ1) is 32.8. The topological polar surface area (TPSA) is 277 Å². The molecule has 0 saturated heterocycles. The lowest BCUT2D eigenvalue weighted by Crippen LogP contribution is -2.58. The first-order valence-electron chi connectivity index (χ1n) is 12.2. The average molecular weight is 553 g/mol. The second kappa shape index (κ2) is 16.6. The van der Waals surface area contributed by atoms with Crippen molar-refractivity contribution in [1.29, 1.82) is 0 Å². The van der Waals surface area contributed by atoms with E-state index in [0.29, 0.717) is 24.9 Å². The molecule has 0 bridgehead atoms. The molecular formula is C24H36N6O9. The van der Waals surface area contributed by atoms with E-state index in [1.54, 1.807) is 0 Å². The smallest absolute Gasteiger partial charge is 0.326 e. The fraction of sp³-hybridized carbons (Fsp3) is 0.500. The number of benzene rings is 1. The van der Waals surface area contributed by atoms with Crippen LogP contribution in [0.4, 0.5) is 0 Å². The van der Waals surface area contributed by atoms with Crippen molar-refractivity contribution in [3.8, 4) is 5.75 Å². The first-order valence-corrected chi connectivity index (χ1v) is 12.2. The van der Waals surface area contributed by atoms with Crippen LogP contribution >= 0.6 is 0 Å². The molecule has 4 atom stereocenters. The number of hydrogen-bond donors (Lipinski definition) is 9. The van der Waals surface area contributed by atoms with Crippen molar-refractivity contribution < 1.29 is 44.1 Å². The molecule has 4 amide bonds. The molecule has 1 rings (SSSR count). The fourth-order valence-corrected chi connectivity index (χ4v) is 3.48. The Morgan fingerprint density at radius 2 is 1.36 bits per heavy atom. The molecule has 12 N–H and O–H groups in total. The summed E-state index contributed by atoms with van der Waals surface area (Å²) < 4.78 is 0. The van der Waals surface area contributed by atoms with Crippen molar-refractivity contribution in [1.82, 2.24) is 16.0 Å². The molecule has 0 radical (unpaired) electrons. The van der Waals surface area contributed by atoms with Crippen LogP contribution in [0, 0.1) is 0 Å². The second-order valence-electron chi connectivity index (χ2n) is 8.89. The molecule has 0 spiro atoms. The summed E-state index contributed by atoms with van der Waals surface area (Å²) >= 11 is 0. The number of aliphatic carboxylic acids is 2. The number of amides is 4. The van der Waals surface area contributed by atoms with E-state index in [1.807, 2.05) is 0 Å². The number of rotatable bonds is 18. The average Bonchev–Trinajstić information content (AvgIpc) is 2.86. The lowest BCUT2D eigenvalue weighted by molar-refractivity contribution is -0.143. The van der Waals surface area contributed by atoms with Gasteiger partial charge in [-0.25, -0.2) is 4.79 Å². The van der Waals surface area contributed by atoms with E-state index in [0.717, 1.165) is 0 Å². The highest BCUT2D eigenvalue weighted by molar-refractivity contribution is 5.96. The number of aromatic hydroxyl groups is 1. The number of unbranched alkanes of at least 4 members (excludes halogenated alkanes) is 1. The van der Waals surface area contributed by atoms with Crippen LogP contribution in [0.3, 0.4) is 0 Å². The minimum atomic E-state index is -1.53. The summed E-state index contributed by atoms with van der Waals surface area (Å²) in [6, 6.07) is 0.0643. The van der Waals surface area contributed by atoms with Crippen molar-refractivity contribution in [2.45, 2.75) is 69.1 Å². The van der Waals surface area contributed by atoms with Gasteiger partial charge in [0.05, 0.1) is 12.5 Å². The number of nitrogens with one attached hydrogen (secondary N) is 3. The first-order chi connectivity index (χ1) is 18.3. The highest BCUT2D eigenvalue weighted by Crippen LogP contribution is 2.12. The number of carboxylic acid groups (broad SMARTS) is 2. The van der Waals surface area contributed by atoms with Gasteiger partial charge in [0.1, 0.15) is 23.9 Å². The number of carbonyl (C=O) groups is 6. The van der Waals surface area contributed by atoms with Crippen molar-refractivity contribution >= 4 is 35.6 Å². The Kier molecular flexibility index (Phi) is 13.9. The molecule has 0 saturated carbocycles. The quantitative estimate of drug-likeness (QED) is 0.0871. The summed E-state index contributed by atoms with van der Waals surface area (Å²) in [7, 11) is 0. The third-order valence-electron chi connectivity index (χ3n) is 5.61. The van der Waals surface area contributed by atoms with Crippen molar-refractivity contribution in [3.63, 3.8) is 0 Å². The maximum absolute atomic E-state index is 12.9. The third-order valence-corrected chi connectivity index (χ3v) is 5.61. The third kappa shape index (κ3) is 12.7. The Labute approximate surface area is 224 Å². The van der Waals surface area contributed by atoms with Gasteiger partial charge in [0, 0.05) is 12.8 Å². The zero-order chi connectivity index (χ0) is 29.5. The second-order valence-corrected chi connectivity index (χ2v) is 8.89. The standard InChI is InChI=1S/C24H36N6O9/c25-10-2-1-3-15(26)21(35)29-17(12-19(27)32)23(37)28-16(8-9-20(33)34)22(36)30-18(24(38)39)11-13-4-6-14(31)7-5-13/h4-7,15-18,31H,1-3,8-12,25-26H2,(H2,27,32)(H,28,37)(H,29,35)(H,30,36)(H,33,34)(H,38,39). The van der Waals surface area contributed by atoms with Gasteiger partial charge in [-0.15, -0.1) is 0 Å². The molecule has 0 aliphatic heterocycles. The maximum atomic E-state index is 12.9. The van der Waals surface area contributed by atoms with E-state index >= 15 is 0 Å². The van der Waals surface area contributed by atoms with E-state index in [-0.39, 0.29) is 18.6 Å². The molecule has 216 valence electrons. The monoisotopic (exact) mass is 552 g/mol. The van der Waals surface area contributed by atoms with Crippen LogP contribution in [0.5, 0.6) is 5.75 Å². The van der Waals surface area contributed by atoms with Gasteiger partial charge in [0.25, 0.3) is 0 Å². The number of phenols is 1. The Hall–Kier alpha value is -4.24. The Morgan fingerprint density at radius 1 is 0.795 bits per heavy atom. The minimum Gasteiger partial charge on any atom is -0.508 e. The van der Waals surface area contributed by atoms with Crippen LogP contribution < -0.4 is 33.2 Å². The van der Waals surface area contributed by atoms with Crippen LogP contribution in [0.15, 0.2) is 24.3 Å². The maximum Gasteiger partial charge on any atom is 0.326 e. The zero-order valence-corrected chi connectivity index (χ0v) is 21.3. The number of hydrogen-bond acceptors (Lipinski definition) is 9. The Bertz CT molecular complexity index is 1020. The predicted octanol–water partition coefficient (Wildman–Crippen LogP) is -2.33. The summed E-state index contributed by atoms with van der Waals surface area (Å²) in [5, 5.41) is 34.9. The molecule has 15 heteroatoms. The van der Waals surface area contributed by atoms with E-state index < -0.39 is 79.0 Å². The predicted molar refractivity (Wildman–Crippen MR) is 137 cm³/mol. The molecule has 0 aliphatic rings. The van der Waals surface area contributed by atoms with E-state index in [1.165, 1.54) is 24.3 Å². The summed E-state index contributed by atoms with van der Waals surface area (Å²) in [6.45, 7) is 0.401. The van der Waals surface area contributed by atoms with Gasteiger partial charge >= 0.3 is 11.9 Å². The van der Waals surface area contributed by atoms with Gasteiger partial charge < -0.3 is 48.5 Å². The molecule has 15 nitrogen and oxygen atoms in total. The largest absolute Gasteiger partial charge is 0.508 e. The van der Waals surface area contributed by atoms with Crippen LogP contribution in [-0.4, -0.2) is 81.6 Å². The summed E-state index contributed by atoms with van der Waals surface area (Å²) in [4.78, 5) is 72.7. The molecule has 4 unspecified atom stereocenters. The normalized spacial score (nSPS) is 13.8. The molecular weight excluding hydrogens is 516 g/mol. The lowest BCUT2D eigenvalue weighted by Gasteiger charge is -2.24. The number of carboxylic acids is 2. The minimum absolute atomic E-state index is 0.0415. The van der Waals surface area contributed by atoms with Crippen LogP contribution in [0.1, 0.15) is 44.1 Å². The lowest BCUT2D eigenvalue weighted by atomic mass is 10.0. The number of primary amides is 1. The van der Waals surface area contributed by atoms with Crippen molar-refractivity contribution in [3.05, 3.63) is 29.8 Å². The van der Waals surface area contributed by atoms with E-state index in [2.05, 4.69) is 16.0 Å². The summed E-state index contributed by atoms with van der Waals surface area (Å²) in [5.41, 5.74) is 16.9. The van der Waals surface area contributed by atoms with Crippen LogP contribution in [0.2, 0.25) is 0 Å². The van der Waals surface area contributed by atoms with Crippen LogP contribution in [0.25, 0.3) is 0 Å². The molecule has 1 aromatic carbocycles. The van der Waals surface area contributed by atoms with E-state index in [4.69, 9.17) is 22.3 Å². The highest BCUT2D eigenvalue weighted by atomic mass is 16.4. The molecule has 0 aliphatic carbocycles. The highest BCUT2D eigenvalue weighted by Gasteiger charge is 2.31. The zero-order valence-electron chi connectivity index (χ0n) is 21.3. The molecule has 1 aromatic rings. The SMILES string of the molecule is NCCCCC(N)C(=O)NC(CC(N)=O)C(=O)NC(CCC(=O)O)C(=O)NC(Cc1ccc(O)cc1)C(=O)O. The number of nitrogens with two attached hydrogens (primary N) is 3. The fourth-order valence-electron chi connectivity index (χ4n) is 3.48. The van der Waals surface area contributed by atoms with Gasteiger partial charge in [-0.05, 0) is 43.5 Å². The van der Waals surface area contributed by atoms with Crippen molar-refractivity contribution in [2.75, 3.05) is 6.54 Å². The van der Waals surface area contributed by atoms with Gasteiger partial charge in [-0.3, -0.25) is 24.0 Å². The summed E-state index contributed by atoms with van der Waals surface area (Å²) in [5.74, 6) is -6.45. The molecule has 0 fully saturated rings. The van der Waals surface area contributed by atoms with Gasteiger partial charge in [-0.2, -0.15) is 0 Å². The van der Waals surface area contributed by atoms with Gasteiger partial charge in [0.2, 0.25) is 23.6 Å². The summed E-state index contributed by atoms with van der Waals surface area (Å²) in [6.07, 6.45) is -0.376. The van der Waals surface area contributed by atoms with Crippen molar-refractivity contribution in [2.24, 2.45) is 17.2 Å².